The molecule has 1 fully saturated rings. The maximum atomic E-state index is 12.9. The van der Waals surface area contributed by atoms with Crippen LogP contribution in [0.15, 0.2) is 42.7 Å². The lowest BCUT2D eigenvalue weighted by Gasteiger charge is -2.29. The lowest BCUT2D eigenvalue weighted by atomic mass is 9.97. The molecule has 2 aliphatic rings. The molecular weight excluding hydrogens is 354 g/mol. The number of aryl methyl sites for hydroxylation is 1. The number of amides is 3. The molecule has 0 aliphatic carbocycles. The van der Waals surface area contributed by atoms with Gasteiger partial charge in [0.2, 0.25) is 5.91 Å². The zero-order valence-corrected chi connectivity index (χ0v) is 16.0. The third kappa shape index (κ3) is 3.78. The number of urea groups is 1. The van der Waals surface area contributed by atoms with Crippen LogP contribution in [0.3, 0.4) is 0 Å². The largest absolute Gasteiger partial charge is 0.369 e. The SMILES string of the molecule is Cc1cnccc1N1CCCN(C(=O)N[C@H]2CC(=O)Nc3ccccc32)CC1. The van der Waals surface area contributed by atoms with Crippen molar-refractivity contribution in [1.82, 2.24) is 15.2 Å². The summed E-state index contributed by atoms with van der Waals surface area (Å²) in [4.78, 5) is 33.2. The predicted octanol–water partition coefficient (Wildman–Crippen LogP) is 2.70. The minimum absolute atomic E-state index is 0.0702. The predicted molar refractivity (Wildman–Crippen MR) is 108 cm³/mol. The van der Waals surface area contributed by atoms with Gasteiger partial charge in [0.15, 0.2) is 0 Å². The van der Waals surface area contributed by atoms with E-state index >= 15 is 0 Å². The molecule has 7 nitrogen and oxygen atoms in total. The molecule has 2 aliphatic heterocycles. The van der Waals surface area contributed by atoms with E-state index in [0.717, 1.165) is 36.3 Å². The van der Waals surface area contributed by atoms with Crippen molar-refractivity contribution in [3.8, 4) is 0 Å². The maximum absolute atomic E-state index is 12.9. The van der Waals surface area contributed by atoms with E-state index in [-0.39, 0.29) is 24.4 Å². The van der Waals surface area contributed by atoms with Gasteiger partial charge in [-0.15, -0.1) is 0 Å². The molecule has 3 amide bonds. The zero-order chi connectivity index (χ0) is 19.5. The number of fused-ring (bicyclic) bond motifs is 1. The van der Waals surface area contributed by atoms with Crippen molar-refractivity contribution in [2.45, 2.75) is 25.8 Å². The molecule has 1 atom stereocenters. The molecule has 0 radical (unpaired) electrons. The Balaban J connectivity index is 1.42. The normalized spacial score (nSPS) is 19.5. The molecule has 1 saturated heterocycles. The molecule has 2 N–H and O–H groups in total. The number of para-hydroxylation sites is 1. The number of anilines is 2. The number of carbonyl (C=O) groups excluding carboxylic acids is 2. The van der Waals surface area contributed by atoms with Crippen LogP contribution in [0.25, 0.3) is 0 Å². The molecule has 146 valence electrons. The van der Waals surface area contributed by atoms with Gasteiger partial charge in [-0.05, 0) is 36.6 Å². The van der Waals surface area contributed by atoms with Crippen LogP contribution in [0.2, 0.25) is 0 Å². The fraction of sp³-hybridized carbons (Fsp3) is 0.381. The second-order valence-electron chi connectivity index (χ2n) is 7.33. The average Bonchev–Trinajstić information content (AvgIpc) is 2.94. The summed E-state index contributed by atoms with van der Waals surface area (Å²) in [6.45, 7) is 5.09. The van der Waals surface area contributed by atoms with E-state index in [2.05, 4.69) is 27.4 Å². The van der Waals surface area contributed by atoms with E-state index in [1.54, 1.807) is 0 Å². The van der Waals surface area contributed by atoms with E-state index in [0.29, 0.717) is 13.1 Å². The number of pyridine rings is 1. The molecule has 3 heterocycles. The molecule has 0 bridgehead atoms. The summed E-state index contributed by atoms with van der Waals surface area (Å²) in [5.41, 5.74) is 4.05. The lowest BCUT2D eigenvalue weighted by Crippen LogP contribution is -2.45. The highest BCUT2D eigenvalue weighted by atomic mass is 16.2. The molecular formula is C21H25N5O2. The summed E-state index contributed by atoms with van der Waals surface area (Å²) < 4.78 is 0. The summed E-state index contributed by atoms with van der Waals surface area (Å²) in [7, 11) is 0. The first-order chi connectivity index (χ1) is 13.6. The number of nitrogens with zero attached hydrogens (tertiary/aromatic N) is 3. The summed E-state index contributed by atoms with van der Waals surface area (Å²) in [5, 5.41) is 5.93. The van der Waals surface area contributed by atoms with Crippen molar-refractivity contribution in [2.24, 2.45) is 0 Å². The van der Waals surface area contributed by atoms with Crippen LogP contribution in [-0.4, -0.2) is 48.0 Å². The van der Waals surface area contributed by atoms with E-state index in [1.165, 1.54) is 5.69 Å². The fourth-order valence-electron chi connectivity index (χ4n) is 3.96. The minimum atomic E-state index is -0.292. The van der Waals surface area contributed by atoms with E-state index in [1.807, 2.05) is 47.6 Å². The van der Waals surface area contributed by atoms with Gasteiger partial charge in [-0.25, -0.2) is 4.79 Å². The van der Waals surface area contributed by atoms with Crippen molar-refractivity contribution in [2.75, 3.05) is 36.4 Å². The summed E-state index contributed by atoms with van der Waals surface area (Å²) >= 11 is 0. The molecule has 1 aromatic carbocycles. The van der Waals surface area contributed by atoms with E-state index in [4.69, 9.17) is 0 Å². The number of aromatic nitrogens is 1. The van der Waals surface area contributed by atoms with Gasteiger partial charge in [-0.1, -0.05) is 18.2 Å². The van der Waals surface area contributed by atoms with Crippen molar-refractivity contribution in [3.05, 3.63) is 53.9 Å². The third-order valence-electron chi connectivity index (χ3n) is 5.41. The highest BCUT2D eigenvalue weighted by Crippen LogP contribution is 2.30. The zero-order valence-electron chi connectivity index (χ0n) is 16.0. The number of carbonyl (C=O) groups is 2. The first-order valence-corrected chi connectivity index (χ1v) is 9.71. The first kappa shape index (κ1) is 18.3. The third-order valence-corrected chi connectivity index (χ3v) is 5.41. The molecule has 0 spiro atoms. The van der Waals surface area contributed by atoms with Crippen molar-refractivity contribution in [1.29, 1.82) is 0 Å². The van der Waals surface area contributed by atoms with Crippen molar-refractivity contribution >= 4 is 23.3 Å². The number of rotatable bonds is 2. The topological polar surface area (TPSA) is 77.6 Å². The second-order valence-corrected chi connectivity index (χ2v) is 7.33. The Morgan fingerprint density at radius 3 is 2.89 bits per heavy atom. The molecule has 0 saturated carbocycles. The molecule has 7 heteroatoms. The Labute approximate surface area is 164 Å². The molecule has 28 heavy (non-hydrogen) atoms. The van der Waals surface area contributed by atoms with Gasteiger partial charge < -0.3 is 20.4 Å². The highest BCUT2D eigenvalue weighted by molar-refractivity contribution is 5.95. The van der Waals surface area contributed by atoms with E-state index in [9.17, 15) is 9.59 Å². The van der Waals surface area contributed by atoms with Crippen LogP contribution in [0.1, 0.15) is 30.0 Å². The Bertz CT molecular complexity index is 885. The molecule has 2 aromatic rings. The second kappa shape index (κ2) is 7.88. The monoisotopic (exact) mass is 379 g/mol. The van der Waals surface area contributed by atoms with Gasteiger partial charge in [0, 0.05) is 49.9 Å². The van der Waals surface area contributed by atoms with Gasteiger partial charge in [0.05, 0.1) is 12.5 Å². The number of hydrogen-bond acceptors (Lipinski definition) is 4. The van der Waals surface area contributed by atoms with Crippen molar-refractivity contribution < 1.29 is 9.59 Å². The molecule has 0 unspecified atom stereocenters. The first-order valence-electron chi connectivity index (χ1n) is 9.71. The summed E-state index contributed by atoms with van der Waals surface area (Å²) in [6.07, 6.45) is 4.84. The van der Waals surface area contributed by atoms with Crippen LogP contribution < -0.4 is 15.5 Å². The van der Waals surface area contributed by atoms with E-state index < -0.39 is 0 Å². The highest BCUT2D eigenvalue weighted by Gasteiger charge is 2.28. The Morgan fingerprint density at radius 2 is 2.04 bits per heavy atom. The van der Waals surface area contributed by atoms with Gasteiger partial charge in [-0.3, -0.25) is 9.78 Å². The number of nitrogens with one attached hydrogen (secondary N) is 2. The smallest absolute Gasteiger partial charge is 0.317 e. The van der Waals surface area contributed by atoms with Crippen molar-refractivity contribution in [3.63, 3.8) is 0 Å². The maximum Gasteiger partial charge on any atom is 0.317 e. The van der Waals surface area contributed by atoms with Crippen LogP contribution >= 0.6 is 0 Å². The Hall–Kier alpha value is -3.09. The van der Waals surface area contributed by atoms with Crippen LogP contribution in [0, 0.1) is 6.92 Å². The molecule has 4 rings (SSSR count). The standard InChI is InChI=1S/C21H25N5O2/c1-15-14-22-8-7-19(15)25-9-4-10-26(12-11-25)21(28)24-18-13-20(27)23-17-6-3-2-5-16(17)18/h2-3,5-8,14,18H,4,9-13H2,1H3,(H,23,27)(H,24,28)/t18-/m0/s1. The number of benzene rings is 1. The Morgan fingerprint density at radius 1 is 1.18 bits per heavy atom. The van der Waals surface area contributed by atoms with Gasteiger partial charge in [-0.2, -0.15) is 0 Å². The fourth-order valence-corrected chi connectivity index (χ4v) is 3.96. The lowest BCUT2D eigenvalue weighted by molar-refractivity contribution is -0.116. The van der Waals surface area contributed by atoms with Crippen LogP contribution in [-0.2, 0) is 4.79 Å². The number of hydrogen-bond donors (Lipinski definition) is 2. The summed E-state index contributed by atoms with van der Waals surface area (Å²) in [6, 6.07) is 9.26. The van der Waals surface area contributed by atoms with Crippen LogP contribution in [0.4, 0.5) is 16.2 Å². The van der Waals surface area contributed by atoms with Gasteiger partial charge in [0.25, 0.3) is 0 Å². The quantitative estimate of drug-likeness (QED) is 0.841. The minimum Gasteiger partial charge on any atom is -0.369 e. The average molecular weight is 379 g/mol. The van der Waals surface area contributed by atoms with Gasteiger partial charge in [0.1, 0.15) is 0 Å². The van der Waals surface area contributed by atoms with Crippen LogP contribution in [0.5, 0.6) is 0 Å². The molecule has 1 aromatic heterocycles. The summed E-state index contributed by atoms with van der Waals surface area (Å²) in [5.74, 6) is -0.0702. The van der Waals surface area contributed by atoms with Gasteiger partial charge >= 0.3 is 6.03 Å². The Kier molecular flexibility index (Phi) is 5.14.